The first kappa shape index (κ1) is 9.92. The number of hydrogen-bond donors (Lipinski definition) is 0. The van der Waals surface area contributed by atoms with Gasteiger partial charge in [0.15, 0.2) is 0 Å². The average molecular weight is 220 g/mol. The molecule has 2 aromatic rings. The zero-order valence-corrected chi connectivity index (χ0v) is 9.43. The molecule has 0 aromatic heterocycles. The van der Waals surface area contributed by atoms with Gasteiger partial charge in [-0.3, -0.25) is 0 Å². The van der Waals surface area contributed by atoms with Crippen molar-refractivity contribution in [2.45, 2.75) is 6.42 Å². The summed E-state index contributed by atoms with van der Waals surface area (Å²) in [4.78, 5) is 2.27. The van der Waals surface area contributed by atoms with Gasteiger partial charge < -0.3 is 4.90 Å². The van der Waals surface area contributed by atoms with E-state index in [1.807, 2.05) is 18.2 Å². The summed E-state index contributed by atoms with van der Waals surface area (Å²) in [6, 6.07) is 18.4. The second kappa shape index (κ2) is 3.95. The molecule has 0 radical (unpaired) electrons. The molecule has 0 fully saturated rings. The van der Waals surface area contributed by atoms with E-state index in [2.05, 4.69) is 41.3 Å². The summed E-state index contributed by atoms with van der Waals surface area (Å²) in [5, 5.41) is 8.93. The fourth-order valence-corrected chi connectivity index (χ4v) is 2.35. The van der Waals surface area contributed by atoms with Gasteiger partial charge in [-0.2, -0.15) is 5.26 Å². The summed E-state index contributed by atoms with van der Waals surface area (Å²) in [7, 11) is 0. The van der Waals surface area contributed by atoms with Crippen LogP contribution in [-0.2, 0) is 6.42 Å². The van der Waals surface area contributed by atoms with Crippen molar-refractivity contribution in [2.75, 3.05) is 11.4 Å². The third kappa shape index (κ3) is 1.66. The van der Waals surface area contributed by atoms with Crippen LogP contribution in [0.15, 0.2) is 48.5 Å². The lowest BCUT2D eigenvalue weighted by Crippen LogP contribution is -2.13. The minimum absolute atomic E-state index is 0.715. The molecule has 82 valence electrons. The van der Waals surface area contributed by atoms with E-state index in [0.29, 0.717) is 5.56 Å². The molecule has 17 heavy (non-hydrogen) atoms. The molecule has 2 heteroatoms. The van der Waals surface area contributed by atoms with Crippen LogP contribution >= 0.6 is 0 Å². The van der Waals surface area contributed by atoms with Crippen LogP contribution in [0.1, 0.15) is 11.1 Å². The van der Waals surface area contributed by atoms with Crippen molar-refractivity contribution in [2.24, 2.45) is 0 Å². The molecular weight excluding hydrogens is 208 g/mol. The first-order valence-corrected chi connectivity index (χ1v) is 5.74. The van der Waals surface area contributed by atoms with Crippen LogP contribution in [0.4, 0.5) is 11.4 Å². The van der Waals surface area contributed by atoms with E-state index >= 15 is 0 Å². The lowest BCUT2D eigenvalue weighted by molar-refractivity contribution is 0.998. The molecule has 0 atom stereocenters. The van der Waals surface area contributed by atoms with Gasteiger partial charge in [-0.05, 0) is 36.2 Å². The van der Waals surface area contributed by atoms with Gasteiger partial charge in [0.25, 0.3) is 0 Å². The third-order valence-corrected chi connectivity index (χ3v) is 3.17. The summed E-state index contributed by atoms with van der Waals surface area (Å²) in [5.74, 6) is 0. The number of hydrogen-bond acceptors (Lipinski definition) is 2. The van der Waals surface area contributed by atoms with Gasteiger partial charge in [0.1, 0.15) is 0 Å². The van der Waals surface area contributed by atoms with Crippen molar-refractivity contribution in [1.82, 2.24) is 0 Å². The van der Waals surface area contributed by atoms with Gasteiger partial charge in [0, 0.05) is 17.9 Å². The summed E-state index contributed by atoms with van der Waals surface area (Å²) in [6.45, 7) is 0.994. The molecule has 0 bridgehead atoms. The SMILES string of the molecule is N#Cc1cccc(N2CCc3ccccc32)c1. The lowest BCUT2D eigenvalue weighted by atomic mass is 10.1. The Hall–Kier alpha value is -2.27. The smallest absolute Gasteiger partial charge is 0.0992 e. The molecule has 0 unspecified atom stereocenters. The third-order valence-electron chi connectivity index (χ3n) is 3.17. The van der Waals surface area contributed by atoms with Gasteiger partial charge >= 0.3 is 0 Å². The maximum atomic E-state index is 8.93. The van der Waals surface area contributed by atoms with Crippen molar-refractivity contribution < 1.29 is 0 Å². The molecule has 0 saturated heterocycles. The number of anilines is 2. The van der Waals surface area contributed by atoms with Crippen LogP contribution < -0.4 is 4.90 Å². The Morgan fingerprint density at radius 2 is 1.94 bits per heavy atom. The van der Waals surface area contributed by atoms with E-state index in [1.165, 1.54) is 11.3 Å². The van der Waals surface area contributed by atoms with Crippen molar-refractivity contribution in [3.8, 4) is 6.07 Å². The largest absolute Gasteiger partial charge is 0.341 e. The maximum absolute atomic E-state index is 8.93. The fourth-order valence-electron chi connectivity index (χ4n) is 2.35. The van der Waals surface area contributed by atoms with Crippen molar-refractivity contribution in [1.29, 1.82) is 5.26 Å². The van der Waals surface area contributed by atoms with Crippen LogP contribution in [0.5, 0.6) is 0 Å². The molecule has 1 heterocycles. The molecule has 2 nitrogen and oxygen atoms in total. The first-order valence-electron chi connectivity index (χ1n) is 5.74. The minimum Gasteiger partial charge on any atom is -0.341 e. The molecular formula is C15H12N2. The average Bonchev–Trinajstić information content (AvgIpc) is 2.82. The quantitative estimate of drug-likeness (QED) is 0.737. The van der Waals surface area contributed by atoms with Crippen LogP contribution in [0.3, 0.4) is 0 Å². The number of nitriles is 1. The lowest BCUT2D eigenvalue weighted by Gasteiger charge is -2.19. The number of fused-ring (bicyclic) bond motifs is 1. The second-order valence-electron chi connectivity index (χ2n) is 4.19. The van der Waals surface area contributed by atoms with Crippen LogP contribution in [0.25, 0.3) is 0 Å². The van der Waals surface area contributed by atoms with Crippen molar-refractivity contribution in [3.63, 3.8) is 0 Å². The number of nitrogens with zero attached hydrogens (tertiary/aromatic N) is 2. The number of para-hydroxylation sites is 1. The Labute approximate surface area is 101 Å². The molecule has 0 spiro atoms. The molecule has 0 aliphatic carbocycles. The molecule has 3 rings (SSSR count). The standard InChI is InChI=1S/C15H12N2/c16-11-12-4-3-6-14(10-12)17-9-8-13-5-1-2-7-15(13)17/h1-7,10H,8-9H2. The maximum Gasteiger partial charge on any atom is 0.0992 e. The van der Waals surface area contributed by atoms with Crippen LogP contribution in [0, 0.1) is 11.3 Å². The van der Waals surface area contributed by atoms with Gasteiger partial charge in [-0.1, -0.05) is 24.3 Å². The van der Waals surface area contributed by atoms with Crippen LogP contribution in [0.2, 0.25) is 0 Å². The highest BCUT2D eigenvalue weighted by molar-refractivity contribution is 5.70. The summed E-state index contributed by atoms with van der Waals surface area (Å²) in [6.07, 6.45) is 1.08. The normalized spacial score (nSPS) is 13.2. The number of benzene rings is 2. The van der Waals surface area contributed by atoms with E-state index in [-0.39, 0.29) is 0 Å². The summed E-state index contributed by atoms with van der Waals surface area (Å²) < 4.78 is 0. The minimum atomic E-state index is 0.715. The van der Waals surface area contributed by atoms with Gasteiger partial charge in [-0.15, -0.1) is 0 Å². The van der Waals surface area contributed by atoms with Gasteiger partial charge in [0.05, 0.1) is 11.6 Å². The monoisotopic (exact) mass is 220 g/mol. The molecule has 1 aliphatic rings. The summed E-state index contributed by atoms with van der Waals surface area (Å²) in [5.41, 5.74) is 4.47. The molecule has 0 saturated carbocycles. The topological polar surface area (TPSA) is 27.0 Å². The first-order chi connectivity index (χ1) is 8.38. The fraction of sp³-hybridized carbons (Fsp3) is 0.133. The zero-order chi connectivity index (χ0) is 11.7. The van der Waals surface area contributed by atoms with E-state index in [9.17, 15) is 0 Å². The van der Waals surface area contributed by atoms with Gasteiger partial charge in [0.2, 0.25) is 0 Å². The highest BCUT2D eigenvalue weighted by atomic mass is 15.2. The Balaban J connectivity index is 2.04. The molecule has 1 aliphatic heterocycles. The molecule has 2 aromatic carbocycles. The van der Waals surface area contributed by atoms with E-state index in [0.717, 1.165) is 18.7 Å². The van der Waals surface area contributed by atoms with Gasteiger partial charge in [-0.25, -0.2) is 0 Å². The highest BCUT2D eigenvalue weighted by Crippen LogP contribution is 2.34. The highest BCUT2D eigenvalue weighted by Gasteiger charge is 2.19. The summed E-state index contributed by atoms with van der Waals surface area (Å²) >= 11 is 0. The van der Waals surface area contributed by atoms with E-state index in [4.69, 9.17) is 5.26 Å². The zero-order valence-electron chi connectivity index (χ0n) is 9.43. The van der Waals surface area contributed by atoms with Crippen LogP contribution in [-0.4, -0.2) is 6.54 Å². The Morgan fingerprint density at radius 1 is 1.06 bits per heavy atom. The Morgan fingerprint density at radius 3 is 2.82 bits per heavy atom. The second-order valence-corrected chi connectivity index (χ2v) is 4.19. The Bertz CT molecular complexity index is 596. The predicted octanol–water partition coefficient (Wildman–Crippen LogP) is 3.25. The van der Waals surface area contributed by atoms with E-state index < -0.39 is 0 Å². The van der Waals surface area contributed by atoms with Crippen molar-refractivity contribution in [3.05, 3.63) is 59.7 Å². The van der Waals surface area contributed by atoms with E-state index in [1.54, 1.807) is 0 Å². The van der Waals surface area contributed by atoms with Crippen molar-refractivity contribution >= 4 is 11.4 Å². The molecule has 0 N–H and O–H groups in total. The molecule has 0 amide bonds. The number of rotatable bonds is 1. The predicted molar refractivity (Wildman–Crippen MR) is 68.3 cm³/mol. The Kier molecular flexibility index (Phi) is 2.31.